The predicted molar refractivity (Wildman–Crippen MR) is 92.0 cm³/mol. The average Bonchev–Trinajstić information content (AvgIpc) is 3.19. The van der Waals surface area contributed by atoms with Gasteiger partial charge in [0.1, 0.15) is 12.3 Å². The molecule has 0 fully saturated rings. The van der Waals surface area contributed by atoms with Crippen LogP contribution in [0.25, 0.3) is 11.0 Å². The topological polar surface area (TPSA) is 62.1 Å². The van der Waals surface area contributed by atoms with Crippen LogP contribution in [-0.2, 0) is 11.3 Å². The fourth-order valence-corrected chi connectivity index (χ4v) is 3.25. The van der Waals surface area contributed by atoms with Crippen LogP contribution in [-0.4, -0.2) is 39.2 Å². The Balaban J connectivity index is 1.67. The fraction of sp³-hybridized carbons (Fsp3) is 0.250. The van der Waals surface area contributed by atoms with Crippen LogP contribution in [0.15, 0.2) is 46.2 Å². The van der Waals surface area contributed by atoms with E-state index in [1.807, 2.05) is 0 Å². The number of H-pyrrole nitrogens is 1. The molecule has 0 atom stereocenters. The summed E-state index contributed by atoms with van der Waals surface area (Å²) in [6.45, 7) is -1.59. The van der Waals surface area contributed by atoms with Gasteiger partial charge in [0.05, 0.1) is 29.6 Å². The number of imidazole rings is 1. The number of nitrogens with zero attached hydrogens (tertiary/aromatic N) is 2. The van der Waals surface area contributed by atoms with E-state index in [1.165, 1.54) is 12.3 Å². The van der Waals surface area contributed by atoms with Crippen molar-refractivity contribution in [3.63, 3.8) is 0 Å². The van der Waals surface area contributed by atoms with Gasteiger partial charge in [-0.05, 0) is 30.3 Å². The van der Waals surface area contributed by atoms with Crippen LogP contribution in [0.3, 0.4) is 0 Å². The second kappa shape index (κ2) is 7.63. The number of thioether (sulfide) groups is 1. The highest BCUT2D eigenvalue weighted by molar-refractivity contribution is 7.99. The maximum atomic E-state index is 12.8. The van der Waals surface area contributed by atoms with Gasteiger partial charge in [-0.3, -0.25) is 4.79 Å². The van der Waals surface area contributed by atoms with Gasteiger partial charge >= 0.3 is 6.18 Å². The van der Waals surface area contributed by atoms with Crippen molar-refractivity contribution >= 4 is 40.3 Å². The summed E-state index contributed by atoms with van der Waals surface area (Å²) in [6.07, 6.45) is -3.15. The van der Waals surface area contributed by atoms with E-state index in [9.17, 15) is 18.0 Å². The first kappa shape index (κ1) is 18.7. The van der Waals surface area contributed by atoms with E-state index in [2.05, 4.69) is 9.97 Å². The molecule has 1 aromatic carbocycles. The maximum Gasteiger partial charge on any atom is 0.406 e. The molecule has 0 saturated carbocycles. The van der Waals surface area contributed by atoms with Crippen molar-refractivity contribution in [3.05, 3.63) is 47.4 Å². The number of aromatic amines is 1. The molecule has 0 unspecified atom stereocenters. The number of fused-ring (bicyclic) bond motifs is 1. The third kappa shape index (κ3) is 4.95. The van der Waals surface area contributed by atoms with E-state index in [0.29, 0.717) is 26.1 Å². The Kier molecular flexibility index (Phi) is 5.47. The fourth-order valence-electron chi connectivity index (χ4n) is 2.29. The van der Waals surface area contributed by atoms with Crippen LogP contribution in [0.5, 0.6) is 0 Å². The molecule has 2 aromatic heterocycles. The molecular weight excluding hydrogens is 391 g/mol. The van der Waals surface area contributed by atoms with Gasteiger partial charge in [-0.1, -0.05) is 23.4 Å². The SMILES string of the molecule is O=C(CSc1nc2ccc(Cl)cc2[nH]1)N(Cc1ccco1)CC(F)(F)F. The molecule has 5 nitrogen and oxygen atoms in total. The van der Waals surface area contributed by atoms with Gasteiger partial charge in [0.2, 0.25) is 5.91 Å². The minimum absolute atomic E-state index is 0.190. The van der Waals surface area contributed by atoms with Crippen molar-refractivity contribution in [2.75, 3.05) is 12.3 Å². The number of furan rings is 1. The Morgan fingerprint density at radius 3 is 2.85 bits per heavy atom. The second-order valence-electron chi connectivity index (χ2n) is 5.44. The van der Waals surface area contributed by atoms with E-state index < -0.39 is 18.6 Å². The van der Waals surface area contributed by atoms with Gasteiger partial charge in [0.15, 0.2) is 5.16 Å². The van der Waals surface area contributed by atoms with Gasteiger partial charge < -0.3 is 14.3 Å². The first-order chi connectivity index (χ1) is 12.3. The van der Waals surface area contributed by atoms with E-state index >= 15 is 0 Å². The number of hydrogen-bond acceptors (Lipinski definition) is 4. The van der Waals surface area contributed by atoms with Crippen LogP contribution >= 0.6 is 23.4 Å². The number of halogens is 4. The summed E-state index contributed by atoms with van der Waals surface area (Å²) in [5.41, 5.74) is 1.35. The summed E-state index contributed by atoms with van der Waals surface area (Å²) in [4.78, 5) is 20.3. The van der Waals surface area contributed by atoms with Crippen molar-refractivity contribution in [2.45, 2.75) is 17.9 Å². The molecule has 0 bridgehead atoms. The molecule has 1 N–H and O–H groups in total. The third-order valence-electron chi connectivity index (χ3n) is 3.40. The van der Waals surface area contributed by atoms with Gasteiger partial charge in [-0.2, -0.15) is 13.2 Å². The Hall–Kier alpha value is -2.13. The number of amides is 1. The quantitative estimate of drug-likeness (QED) is 0.616. The lowest BCUT2D eigenvalue weighted by atomic mass is 10.3. The Bertz CT molecular complexity index is 896. The van der Waals surface area contributed by atoms with Crippen LogP contribution in [0.2, 0.25) is 5.02 Å². The van der Waals surface area contributed by atoms with Crippen molar-refractivity contribution in [1.29, 1.82) is 0 Å². The summed E-state index contributed by atoms with van der Waals surface area (Å²) >= 11 is 6.92. The minimum atomic E-state index is -4.50. The predicted octanol–water partition coefficient (Wildman–Crippen LogP) is 4.49. The molecule has 10 heteroatoms. The number of rotatable bonds is 6. The van der Waals surface area contributed by atoms with Crippen molar-refractivity contribution in [1.82, 2.24) is 14.9 Å². The summed E-state index contributed by atoms with van der Waals surface area (Å²) in [5, 5.41) is 0.962. The summed E-state index contributed by atoms with van der Waals surface area (Å²) in [6, 6.07) is 8.15. The normalized spacial score (nSPS) is 11.8. The van der Waals surface area contributed by atoms with E-state index in [1.54, 1.807) is 24.3 Å². The molecule has 0 aliphatic heterocycles. The molecule has 26 heavy (non-hydrogen) atoms. The molecule has 0 radical (unpaired) electrons. The zero-order valence-corrected chi connectivity index (χ0v) is 14.8. The van der Waals surface area contributed by atoms with Gasteiger partial charge in [-0.15, -0.1) is 0 Å². The summed E-state index contributed by atoms with van der Waals surface area (Å²) < 4.78 is 43.4. The highest BCUT2D eigenvalue weighted by Gasteiger charge is 2.33. The molecule has 0 spiro atoms. The molecule has 2 heterocycles. The first-order valence-corrected chi connectivity index (χ1v) is 8.81. The highest BCUT2D eigenvalue weighted by atomic mass is 35.5. The lowest BCUT2D eigenvalue weighted by Crippen LogP contribution is -2.39. The van der Waals surface area contributed by atoms with Gasteiger partial charge in [-0.25, -0.2) is 4.98 Å². The monoisotopic (exact) mass is 403 g/mol. The number of alkyl halides is 3. The van der Waals surface area contributed by atoms with Crippen LogP contribution in [0, 0.1) is 0 Å². The molecule has 0 saturated heterocycles. The van der Waals surface area contributed by atoms with E-state index in [4.69, 9.17) is 16.0 Å². The number of aromatic nitrogens is 2. The van der Waals surface area contributed by atoms with Crippen molar-refractivity contribution in [3.8, 4) is 0 Å². The number of benzene rings is 1. The standard InChI is InChI=1S/C16H13ClF3N3O2S/c17-10-3-4-12-13(6-10)22-15(21-12)26-8-14(24)23(9-16(18,19)20)7-11-2-1-5-25-11/h1-6H,7-9H2,(H,21,22). The number of carbonyl (C=O) groups is 1. The van der Waals surface area contributed by atoms with Gasteiger partial charge in [0.25, 0.3) is 0 Å². The number of carbonyl (C=O) groups excluding carboxylic acids is 1. The van der Waals surface area contributed by atoms with Crippen LogP contribution in [0.1, 0.15) is 5.76 Å². The molecule has 3 aromatic rings. The Morgan fingerprint density at radius 2 is 2.15 bits per heavy atom. The molecule has 3 rings (SSSR count). The minimum Gasteiger partial charge on any atom is -0.467 e. The maximum absolute atomic E-state index is 12.8. The zero-order chi connectivity index (χ0) is 18.7. The molecule has 0 aliphatic carbocycles. The summed E-state index contributed by atoms with van der Waals surface area (Å²) in [5.74, 6) is -0.571. The molecule has 138 valence electrons. The van der Waals surface area contributed by atoms with Crippen molar-refractivity contribution in [2.24, 2.45) is 0 Å². The lowest BCUT2D eigenvalue weighted by Gasteiger charge is -2.22. The number of nitrogens with one attached hydrogen (secondary N) is 1. The lowest BCUT2D eigenvalue weighted by molar-refractivity contribution is -0.161. The second-order valence-corrected chi connectivity index (χ2v) is 6.84. The molecule has 1 amide bonds. The average molecular weight is 404 g/mol. The Morgan fingerprint density at radius 1 is 1.35 bits per heavy atom. The summed E-state index contributed by atoms with van der Waals surface area (Å²) in [7, 11) is 0. The smallest absolute Gasteiger partial charge is 0.406 e. The largest absolute Gasteiger partial charge is 0.467 e. The first-order valence-electron chi connectivity index (χ1n) is 7.45. The molecule has 0 aliphatic rings. The molecular formula is C16H13ClF3N3O2S. The zero-order valence-electron chi connectivity index (χ0n) is 13.2. The highest BCUT2D eigenvalue weighted by Crippen LogP contribution is 2.24. The van der Waals surface area contributed by atoms with Gasteiger partial charge in [0, 0.05) is 5.02 Å². The van der Waals surface area contributed by atoms with Crippen LogP contribution < -0.4 is 0 Å². The van der Waals surface area contributed by atoms with E-state index in [-0.39, 0.29) is 18.1 Å². The van der Waals surface area contributed by atoms with E-state index in [0.717, 1.165) is 11.8 Å². The van der Waals surface area contributed by atoms with Crippen LogP contribution in [0.4, 0.5) is 13.2 Å². The number of hydrogen-bond donors (Lipinski definition) is 1. The van der Waals surface area contributed by atoms with Crippen molar-refractivity contribution < 1.29 is 22.4 Å². The third-order valence-corrected chi connectivity index (χ3v) is 4.50. The Labute approximate surface area is 155 Å².